The second-order valence-corrected chi connectivity index (χ2v) is 6.89. The Labute approximate surface area is 154 Å². The summed E-state index contributed by atoms with van der Waals surface area (Å²) in [6.45, 7) is 1.96. The van der Waals surface area contributed by atoms with Crippen molar-refractivity contribution in [1.29, 1.82) is 0 Å². The molecule has 4 rings (SSSR count). The molecule has 0 aliphatic heterocycles. The average molecular weight is 363 g/mol. The van der Waals surface area contributed by atoms with Crippen LogP contribution in [0.25, 0.3) is 22.1 Å². The van der Waals surface area contributed by atoms with Gasteiger partial charge in [0.15, 0.2) is 5.65 Å². The highest BCUT2D eigenvalue weighted by molar-refractivity contribution is 7.99. The number of carbonyl (C=O) groups is 1. The van der Waals surface area contributed by atoms with Crippen LogP contribution < -0.4 is 5.32 Å². The summed E-state index contributed by atoms with van der Waals surface area (Å²) >= 11 is 1.27. The van der Waals surface area contributed by atoms with Crippen LogP contribution in [0.1, 0.15) is 18.5 Å². The Morgan fingerprint density at radius 2 is 1.88 bits per heavy atom. The maximum Gasteiger partial charge on any atom is 0.230 e. The summed E-state index contributed by atoms with van der Waals surface area (Å²) in [7, 11) is 0. The molecule has 6 nitrogen and oxygen atoms in total. The fourth-order valence-corrected chi connectivity index (χ4v) is 3.40. The molecule has 2 aromatic heterocycles. The van der Waals surface area contributed by atoms with Gasteiger partial charge < -0.3 is 10.3 Å². The summed E-state index contributed by atoms with van der Waals surface area (Å²) in [4.78, 5) is 19.9. The van der Waals surface area contributed by atoms with Gasteiger partial charge in [0.25, 0.3) is 0 Å². The molecule has 2 N–H and O–H groups in total. The van der Waals surface area contributed by atoms with Crippen molar-refractivity contribution in [2.75, 3.05) is 5.75 Å². The van der Waals surface area contributed by atoms with Crippen molar-refractivity contribution >= 4 is 39.7 Å². The Hall–Kier alpha value is -2.93. The van der Waals surface area contributed by atoms with Gasteiger partial charge in [-0.15, -0.1) is 10.2 Å². The minimum atomic E-state index is -0.0632. The van der Waals surface area contributed by atoms with Crippen LogP contribution in [0.15, 0.2) is 59.8 Å². The van der Waals surface area contributed by atoms with Crippen LogP contribution in [0.4, 0.5) is 0 Å². The third-order valence-corrected chi connectivity index (χ3v) is 4.95. The zero-order chi connectivity index (χ0) is 17.9. The molecule has 0 fully saturated rings. The van der Waals surface area contributed by atoms with Gasteiger partial charge in [-0.25, -0.2) is 4.98 Å². The predicted octanol–water partition coefficient (Wildman–Crippen LogP) is 3.48. The van der Waals surface area contributed by atoms with Crippen LogP contribution in [0.5, 0.6) is 0 Å². The number of nitrogens with one attached hydrogen (secondary N) is 2. The number of aromatic amines is 1. The molecule has 0 aliphatic carbocycles. The first-order valence-corrected chi connectivity index (χ1v) is 9.27. The van der Waals surface area contributed by atoms with Crippen molar-refractivity contribution in [3.63, 3.8) is 0 Å². The number of nitrogens with zero attached hydrogens (tertiary/aromatic N) is 3. The van der Waals surface area contributed by atoms with Crippen molar-refractivity contribution in [2.24, 2.45) is 0 Å². The third-order valence-electron chi connectivity index (χ3n) is 4.11. The molecule has 0 bridgehead atoms. The Bertz CT molecular complexity index is 1060. The number of H-pyrrole nitrogens is 1. The van der Waals surface area contributed by atoms with Crippen molar-refractivity contribution < 1.29 is 4.79 Å². The average Bonchev–Trinajstić information content (AvgIpc) is 3.05. The largest absolute Gasteiger partial charge is 0.349 e. The zero-order valence-corrected chi connectivity index (χ0v) is 15.0. The number of rotatable bonds is 5. The monoisotopic (exact) mass is 363 g/mol. The molecular weight excluding hydrogens is 346 g/mol. The number of hydrogen-bond acceptors (Lipinski definition) is 5. The lowest BCUT2D eigenvalue weighted by Crippen LogP contribution is -2.28. The van der Waals surface area contributed by atoms with E-state index >= 15 is 0 Å². The van der Waals surface area contributed by atoms with E-state index in [1.165, 1.54) is 11.8 Å². The molecule has 26 heavy (non-hydrogen) atoms. The summed E-state index contributed by atoms with van der Waals surface area (Å²) in [6.07, 6.45) is 0. The van der Waals surface area contributed by atoms with E-state index in [4.69, 9.17) is 0 Å². The molecule has 0 aliphatic rings. The Morgan fingerprint density at radius 1 is 1.12 bits per heavy atom. The van der Waals surface area contributed by atoms with E-state index in [0.29, 0.717) is 10.8 Å². The number of hydrogen-bond donors (Lipinski definition) is 2. The summed E-state index contributed by atoms with van der Waals surface area (Å²) in [5.41, 5.74) is 3.47. The Kier molecular flexibility index (Phi) is 4.53. The van der Waals surface area contributed by atoms with Crippen LogP contribution in [-0.2, 0) is 4.79 Å². The summed E-state index contributed by atoms with van der Waals surface area (Å²) in [5, 5.41) is 12.9. The lowest BCUT2D eigenvalue weighted by atomic mass is 10.1. The lowest BCUT2D eigenvalue weighted by molar-refractivity contribution is -0.119. The van der Waals surface area contributed by atoms with Crippen LogP contribution in [0.3, 0.4) is 0 Å². The molecule has 0 spiro atoms. The zero-order valence-electron chi connectivity index (χ0n) is 14.1. The van der Waals surface area contributed by atoms with E-state index < -0.39 is 0 Å². The van der Waals surface area contributed by atoms with E-state index in [1.54, 1.807) is 0 Å². The molecule has 0 saturated carbocycles. The summed E-state index contributed by atoms with van der Waals surface area (Å²) < 4.78 is 0. The van der Waals surface area contributed by atoms with Crippen LogP contribution in [-0.4, -0.2) is 31.8 Å². The number of benzene rings is 2. The van der Waals surface area contributed by atoms with Gasteiger partial charge in [0.1, 0.15) is 5.52 Å². The Morgan fingerprint density at radius 3 is 2.73 bits per heavy atom. The molecular formula is C19H17N5OS. The number of carbonyl (C=O) groups excluding carboxylic acids is 1. The first kappa shape index (κ1) is 16.5. The van der Waals surface area contributed by atoms with Crippen molar-refractivity contribution in [1.82, 2.24) is 25.5 Å². The van der Waals surface area contributed by atoms with Gasteiger partial charge in [0.2, 0.25) is 11.1 Å². The van der Waals surface area contributed by atoms with E-state index in [1.807, 2.05) is 61.5 Å². The maximum atomic E-state index is 12.2. The van der Waals surface area contributed by atoms with Crippen LogP contribution in [0.2, 0.25) is 0 Å². The quantitative estimate of drug-likeness (QED) is 0.531. The van der Waals surface area contributed by atoms with Gasteiger partial charge in [-0.1, -0.05) is 60.3 Å². The normalized spacial score (nSPS) is 12.3. The maximum absolute atomic E-state index is 12.2. The number of thioether (sulfide) groups is 1. The van der Waals surface area contributed by atoms with Gasteiger partial charge in [-0.05, 0) is 18.6 Å². The van der Waals surface area contributed by atoms with Gasteiger partial charge in [0.05, 0.1) is 11.8 Å². The second-order valence-electron chi connectivity index (χ2n) is 5.95. The molecule has 0 radical (unpaired) electrons. The number of amides is 1. The van der Waals surface area contributed by atoms with E-state index in [-0.39, 0.29) is 17.7 Å². The molecule has 1 amide bonds. The van der Waals surface area contributed by atoms with E-state index in [9.17, 15) is 4.79 Å². The SMILES string of the molecule is C[C@H](NC(=O)CSc1nnc2c(n1)[nH]c1ccccc12)c1ccccc1. The van der Waals surface area contributed by atoms with E-state index in [0.717, 1.165) is 22.0 Å². The summed E-state index contributed by atoms with van der Waals surface area (Å²) in [6, 6.07) is 17.7. The minimum Gasteiger partial charge on any atom is -0.349 e. The number of fused-ring (bicyclic) bond motifs is 3. The Balaban J connectivity index is 1.42. The standard InChI is InChI=1S/C19H17N5OS/c1-12(13-7-3-2-4-8-13)20-16(25)11-26-19-22-18-17(23-24-19)14-9-5-6-10-15(14)21-18/h2-10,12H,11H2,1H3,(H,20,25)(H,21,22,24)/t12-/m0/s1. The first-order valence-electron chi connectivity index (χ1n) is 8.29. The van der Waals surface area contributed by atoms with Crippen LogP contribution >= 0.6 is 11.8 Å². The first-order chi connectivity index (χ1) is 12.7. The van der Waals surface area contributed by atoms with Gasteiger partial charge in [0, 0.05) is 10.9 Å². The van der Waals surface area contributed by atoms with Crippen molar-refractivity contribution in [3.8, 4) is 0 Å². The molecule has 2 aromatic carbocycles. The highest BCUT2D eigenvalue weighted by Crippen LogP contribution is 2.23. The molecule has 130 valence electrons. The third kappa shape index (κ3) is 3.39. The molecule has 4 aromatic rings. The lowest BCUT2D eigenvalue weighted by Gasteiger charge is -2.13. The fraction of sp³-hybridized carbons (Fsp3) is 0.158. The minimum absolute atomic E-state index is 0.0421. The molecule has 1 atom stereocenters. The number of para-hydroxylation sites is 1. The highest BCUT2D eigenvalue weighted by Gasteiger charge is 2.12. The fourth-order valence-electron chi connectivity index (χ4n) is 2.81. The molecule has 2 heterocycles. The van der Waals surface area contributed by atoms with Crippen LogP contribution in [0, 0.1) is 0 Å². The second kappa shape index (κ2) is 7.13. The van der Waals surface area contributed by atoms with Gasteiger partial charge in [-0.3, -0.25) is 4.79 Å². The predicted molar refractivity (Wildman–Crippen MR) is 103 cm³/mol. The molecule has 0 saturated heterocycles. The smallest absolute Gasteiger partial charge is 0.230 e. The van der Waals surface area contributed by atoms with E-state index in [2.05, 4.69) is 25.5 Å². The molecule has 7 heteroatoms. The topological polar surface area (TPSA) is 83.6 Å². The van der Waals surface area contributed by atoms with Crippen molar-refractivity contribution in [3.05, 3.63) is 60.2 Å². The van der Waals surface area contributed by atoms with Gasteiger partial charge in [-0.2, -0.15) is 0 Å². The van der Waals surface area contributed by atoms with Gasteiger partial charge >= 0.3 is 0 Å². The highest BCUT2D eigenvalue weighted by atomic mass is 32.2. The molecule has 0 unspecified atom stereocenters. The van der Waals surface area contributed by atoms with Crippen molar-refractivity contribution in [2.45, 2.75) is 18.1 Å². The number of aromatic nitrogens is 4. The summed E-state index contributed by atoms with van der Waals surface area (Å²) in [5.74, 6) is 0.177.